The van der Waals surface area contributed by atoms with Crippen LogP contribution in [0.1, 0.15) is 44.2 Å². The first-order valence-electron chi connectivity index (χ1n) is 6.71. The maximum atomic E-state index is 11.2. The molecule has 0 radical (unpaired) electrons. The van der Waals surface area contributed by atoms with Gasteiger partial charge in [-0.2, -0.15) is 0 Å². The van der Waals surface area contributed by atoms with Crippen molar-refractivity contribution in [3.05, 3.63) is 27.8 Å². The smallest absolute Gasteiger partial charge is 0.278 e. The molecular formula is C14H23ClN2O4. The lowest BCUT2D eigenvalue weighted by molar-refractivity contribution is -0.385. The molecule has 0 spiro atoms. The number of hydrogen-bond acceptors (Lipinski definition) is 5. The number of nitrogens with two attached hydrogens (primary N) is 1. The maximum absolute atomic E-state index is 11.2. The van der Waals surface area contributed by atoms with E-state index >= 15 is 0 Å². The van der Waals surface area contributed by atoms with Gasteiger partial charge in [-0.15, -0.1) is 12.4 Å². The SMILES string of the molecule is CCCCC[C@H](N)c1cc(OC)c(OC)cc1[N+](=O)[O-].Cl. The number of methoxy groups -OCH3 is 2. The van der Waals surface area contributed by atoms with Crippen LogP contribution in [-0.2, 0) is 0 Å². The Hall–Kier alpha value is -1.53. The minimum atomic E-state index is -0.434. The molecule has 0 saturated heterocycles. The third-order valence-electron chi connectivity index (χ3n) is 3.25. The second-order valence-electron chi connectivity index (χ2n) is 4.63. The number of nitro benzene ring substituents is 1. The predicted octanol–water partition coefficient (Wildman–Crippen LogP) is 3.61. The van der Waals surface area contributed by atoms with E-state index in [0.717, 1.165) is 19.3 Å². The molecule has 21 heavy (non-hydrogen) atoms. The van der Waals surface area contributed by atoms with Gasteiger partial charge in [0.05, 0.1) is 30.8 Å². The number of nitro groups is 1. The van der Waals surface area contributed by atoms with Gasteiger partial charge in [-0.25, -0.2) is 0 Å². The highest BCUT2D eigenvalue weighted by Gasteiger charge is 2.23. The molecule has 0 saturated carbocycles. The average molecular weight is 319 g/mol. The highest BCUT2D eigenvalue weighted by Crippen LogP contribution is 2.37. The van der Waals surface area contributed by atoms with Crippen molar-refractivity contribution in [1.82, 2.24) is 0 Å². The van der Waals surface area contributed by atoms with Crippen molar-refractivity contribution >= 4 is 18.1 Å². The van der Waals surface area contributed by atoms with Crippen LogP contribution in [0.2, 0.25) is 0 Å². The molecule has 0 aliphatic rings. The van der Waals surface area contributed by atoms with Crippen LogP contribution in [0.15, 0.2) is 12.1 Å². The lowest BCUT2D eigenvalue weighted by Crippen LogP contribution is -2.13. The lowest BCUT2D eigenvalue weighted by Gasteiger charge is -2.15. The Labute approximate surface area is 131 Å². The molecule has 0 fully saturated rings. The Morgan fingerprint density at radius 1 is 1.24 bits per heavy atom. The molecule has 0 aromatic heterocycles. The molecule has 0 amide bonds. The quantitative estimate of drug-likeness (QED) is 0.449. The third-order valence-corrected chi connectivity index (χ3v) is 3.25. The summed E-state index contributed by atoms with van der Waals surface area (Å²) >= 11 is 0. The van der Waals surface area contributed by atoms with E-state index in [9.17, 15) is 10.1 Å². The lowest BCUT2D eigenvalue weighted by atomic mass is 9.99. The molecule has 7 heteroatoms. The Morgan fingerprint density at radius 2 is 1.81 bits per heavy atom. The Bertz CT molecular complexity index is 469. The van der Waals surface area contributed by atoms with Gasteiger partial charge in [-0.05, 0) is 12.5 Å². The molecule has 1 atom stereocenters. The monoisotopic (exact) mass is 318 g/mol. The van der Waals surface area contributed by atoms with E-state index in [1.54, 1.807) is 6.07 Å². The standard InChI is InChI=1S/C14H22N2O4.ClH/c1-4-5-6-7-11(15)10-8-13(19-2)14(20-3)9-12(10)16(17)18;/h8-9,11H,4-7,15H2,1-3H3;1H/t11-;/m0./s1. The van der Waals surface area contributed by atoms with E-state index in [4.69, 9.17) is 15.2 Å². The Morgan fingerprint density at radius 3 is 2.29 bits per heavy atom. The number of benzene rings is 1. The van der Waals surface area contributed by atoms with Gasteiger partial charge in [0.15, 0.2) is 11.5 Å². The molecular weight excluding hydrogens is 296 g/mol. The van der Waals surface area contributed by atoms with E-state index < -0.39 is 4.92 Å². The maximum Gasteiger partial charge on any atom is 0.278 e. The van der Waals surface area contributed by atoms with Crippen molar-refractivity contribution in [1.29, 1.82) is 0 Å². The van der Waals surface area contributed by atoms with E-state index in [2.05, 4.69) is 6.92 Å². The number of ether oxygens (including phenoxy) is 2. The first-order valence-corrected chi connectivity index (χ1v) is 6.71. The molecule has 0 heterocycles. The molecule has 0 aliphatic heterocycles. The van der Waals surface area contributed by atoms with Crippen LogP contribution in [0.5, 0.6) is 11.5 Å². The van der Waals surface area contributed by atoms with Gasteiger partial charge in [0.25, 0.3) is 5.69 Å². The summed E-state index contributed by atoms with van der Waals surface area (Å²) in [4.78, 5) is 10.7. The van der Waals surface area contributed by atoms with Crippen LogP contribution in [0.4, 0.5) is 5.69 Å². The van der Waals surface area contributed by atoms with Crippen molar-refractivity contribution in [2.24, 2.45) is 5.73 Å². The normalized spacial score (nSPS) is 11.4. The fraction of sp³-hybridized carbons (Fsp3) is 0.571. The van der Waals surface area contributed by atoms with Crippen LogP contribution in [0.25, 0.3) is 0 Å². The van der Waals surface area contributed by atoms with Crippen LogP contribution < -0.4 is 15.2 Å². The Kier molecular flexibility index (Phi) is 8.73. The summed E-state index contributed by atoms with van der Waals surface area (Å²) in [6.07, 6.45) is 3.81. The summed E-state index contributed by atoms with van der Waals surface area (Å²) in [6.45, 7) is 2.10. The average Bonchev–Trinajstić information content (AvgIpc) is 2.45. The molecule has 0 unspecified atom stereocenters. The van der Waals surface area contributed by atoms with Gasteiger partial charge in [0.1, 0.15) is 0 Å². The second kappa shape index (κ2) is 9.41. The molecule has 1 aromatic carbocycles. The van der Waals surface area contributed by atoms with E-state index in [-0.39, 0.29) is 24.1 Å². The van der Waals surface area contributed by atoms with E-state index in [1.165, 1.54) is 20.3 Å². The van der Waals surface area contributed by atoms with Gasteiger partial charge in [0, 0.05) is 6.04 Å². The fourth-order valence-corrected chi connectivity index (χ4v) is 2.11. The number of nitrogens with zero attached hydrogens (tertiary/aromatic N) is 1. The van der Waals surface area contributed by atoms with Crippen LogP contribution in [-0.4, -0.2) is 19.1 Å². The minimum absolute atomic E-state index is 0. The van der Waals surface area contributed by atoms with Crippen LogP contribution in [0, 0.1) is 10.1 Å². The molecule has 1 rings (SSSR count). The van der Waals surface area contributed by atoms with Gasteiger partial charge in [0.2, 0.25) is 0 Å². The largest absolute Gasteiger partial charge is 0.493 e. The zero-order valence-corrected chi connectivity index (χ0v) is 13.4. The minimum Gasteiger partial charge on any atom is -0.493 e. The highest BCUT2D eigenvalue weighted by atomic mass is 35.5. The van der Waals surface area contributed by atoms with Crippen molar-refractivity contribution in [3.63, 3.8) is 0 Å². The summed E-state index contributed by atoms with van der Waals surface area (Å²) < 4.78 is 10.3. The van der Waals surface area contributed by atoms with E-state index in [1.807, 2.05) is 0 Å². The highest BCUT2D eigenvalue weighted by molar-refractivity contribution is 5.85. The van der Waals surface area contributed by atoms with Crippen molar-refractivity contribution in [2.75, 3.05) is 14.2 Å². The molecule has 0 aliphatic carbocycles. The van der Waals surface area contributed by atoms with Gasteiger partial charge >= 0.3 is 0 Å². The summed E-state index contributed by atoms with van der Waals surface area (Å²) in [7, 11) is 2.94. The number of hydrogen-bond donors (Lipinski definition) is 1. The summed E-state index contributed by atoms with van der Waals surface area (Å²) in [5.74, 6) is 0.794. The summed E-state index contributed by atoms with van der Waals surface area (Å²) in [6, 6.07) is 2.60. The first kappa shape index (κ1) is 19.5. The van der Waals surface area contributed by atoms with Crippen LogP contribution in [0.3, 0.4) is 0 Å². The van der Waals surface area contributed by atoms with E-state index in [0.29, 0.717) is 23.5 Å². The number of unbranched alkanes of at least 4 members (excludes halogenated alkanes) is 2. The zero-order chi connectivity index (χ0) is 15.1. The number of halogens is 1. The number of rotatable bonds is 8. The van der Waals surface area contributed by atoms with Crippen LogP contribution >= 0.6 is 12.4 Å². The molecule has 0 bridgehead atoms. The first-order chi connectivity index (χ1) is 9.54. The van der Waals surface area contributed by atoms with Gasteiger partial charge in [-0.1, -0.05) is 26.2 Å². The molecule has 2 N–H and O–H groups in total. The van der Waals surface area contributed by atoms with Crippen molar-refractivity contribution in [3.8, 4) is 11.5 Å². The molecule has 120 valence electrons. The topological polar surface area (TPSA) is 87.6 Å². The fourth-order valence-electron chi connectivity index (χ4n) is 2.11. The van der Waals surface area contributed by atoms with Gasteiger partial charge in [-0.3, -0.25) is 10.1 Å². The molecule has 6 nitrogen and oxygen atoms in total. The zero-order valence-electron chi connectivity index (χ0n) is 12.6. The van der Waals surface area contributed by atoms with Crippen molar-refractivity contribution < 1.29 is 14.4 Å². The summed E-state index contributed by atoms with van der Waals surface area (Å²) in [5.41, 5.74) is 6.56. The Balaban J connectivity index is 0.00000400. The second-order valence-corrected chi connectivity index (χ2v) is 4.63. The summed E-state index contributed by atoms with van der Waals surface area (Å²) in [5, 5.41) is 11.2. The molecule has 1 aromatic rings. The third kappa shape index (κ3) is 5.06. The van der Waals surface area contributed by atoms with Gasteiger partial charge < -0.3 is 15.2 Å². The predicted molar refractivity (Wildman–Crippen MR) is 84.5 cm³/mol. The van der Waals surface area contributed by atoms with Crippen molar-refractivity contribution in [2.45, 2.75) is 38.6 Å².